The van der Waals surface area contributed by atoms with Crippen molar-refractivity contribution in [3.63, 3.8) is 0 Å². The zero-order valence-electron chi connectivity index (χ0n) is 15.5. The Morgan fingerprint density at radius 3 is 2.65 bits per heavy atom. The van der Waals surface area contributed by atoms with Gasteiger partial charge in [0.05, 0.1) is 18.8 Å². The highest BCUT2D eigenvalue weighted by Gasteiger charge is 2.56. The number of piperidine rings is 1. The third-order valence-corrected chi connectivity index (χ3v) is 5.95. The van der Waals surface area contributed by atoms with Crippen molar-refractivity contribution in [2.45, 2.75) is 51.2 Å². The number of hydrogen-bond acceptors (Lipinski definition) is 5. The molecule has 0 unspecified atom stereocenters. The summed E-state index contributed by atoms with van der Waals surface area (Å²) in [7, 11) is 0. The number of likely N-dealkylation sites (tertiary alicyclic amines) is 1. The Morgan fingerprint density at radius 2 is 2.12 bits per heavy atom. The lowest BCUT2D eigenvalue weighted by molar-refractivity contribution is -0.207. The van der Waals surface area contributed by atoms with Crippen LogP contribution in [0.15, 0.2) is 16.9 Å². The van der Waals surface area contributed by atoms with E-state index in [4.69, 9.17) is 10.5 Å². The molecule has 2 atom stereocenters. The number of hydrogen-bond donors (Lipinski definition) is 3. The molecule has 0 bridgehead atoms. The molecule has 2 aliphatic rings. The molecule has 144 valence electrons. The van der Waals surface area contributed by atoms with Gasteiger partial charge in [-0.05, 0) is 30.9 Å². The molecule has 7 heteroatoms. The van der Waals surface area contributed by atoms with Gasteiger partial charge in [0.25, 0.3) is 11.5 Å². The molecule has 1 aromatic heterocycles. The van der Waals surface area contributed by atoms with Crippen LogP contribution >= 0.6 is 0 Å². The van der Waals surface area contributed by atoms with E-state index >= 15 is 0 Å². The fraction of sp³-hybridized carbons (Fsp3) is 0.684. The maximum Gasteiger partial charge on any atom is 0.261 e. The summed E-state index contributed by atoms with van der Waals surface area (Å²) in [5.41, 5.74) is 5.89. The van der Waals surface area contributed by atoms with Crippen LogP contribution in [0.5, 0.6) is 0 Å². The van der Waals surface area contributed by atoms with E-state index in [9.17, 15) is 14.7 Å². The predicted molar refractivity (Wildman–Crippen MR) is 98.1 cm³/mol. The number of amides is 1. The average Bonchev–Trinajstić information content (AvgIpc) is 2.64. The SMILES string of the molecule is CC(C)c1ccc(C(=O)N2CCC3(CC2)[C@H](O)C[C@@H]3OCCN)c(=O)[nH]1. The summed E-state index contributed by atoms with van der Waals surface area (Å²) in [5, 5.41) is 10.3. The van der Waals surface area contributed by atoms with Crippen LogP contribution in [0, 0.1) is 5.41 Å². The zero-order valence-corrected chi connectivity index (χ0v) is 15.5. The minimum atomic E-state index is -0.392. The molecule has 1 saturated heterocycles. The Labute approximate surface area is 153 Å². The smallest absolute Gasteiger partial charge is 0.261 e. The summed E-state index contributed by atoms with van der Waals surface area (Å²) in [5.74, 6) is -0.0445. The average molecular weight is 363 g/mol. The summed E-state index contributed by atoms with van der Waals surface area (Å²) < 4.78 is 5.78. The topological polar surface area (TPSA) is 109 Å². The van der Waals surface area contributed by atoms with Crippen molar-refractivity contribution in [1.29, 1.82) is 0 Å². The Kier molecular flexibility index (Phi) is 5.50. The number of aliphatic hydroxyl groups excluding tert-OH is 1. The van der Waals surface area contributed by atoms with Crippen molar-refractivity contribution in [2.24, 2.45) is 11.1 Å². The summed E-state index contributed by atoms with van der Waals surface area (Å²) in [4.78, 5) is 29.5. The maximum absolute atomic E-state index is 12.7. The van der Waals surface area contributed by atoms with E-state index in [-0.39, 0.29) is 34.5 Å². The van der Waals surface area contributed by atoms with Crippen LogP contribution in [0.25, 0.3) is 0 Å². The van der Waals surface area contributed by atoms with Crippen LogP contribution in [0.4, 0.5) is 0 Å². The van der Waals surface area contributed by atoms with Crippen molar-refractivity contribution in [1.82, 2.24) is 9.88 Å². The van der Waals surface area contributed by atoms with Crippen molar-refractivity contribution < 1.29 is 14.6 Å². The molecule has 4 N–H and O–H groups in total. The van der Waals surface area contributed by atoms with E-state index in [1.807, 2.05) is 13.8 Å². The minimum absolute atomic E-state index is 0.00651. The van der Waals surface area contributed by atoms with Crippen LogP contribution in [0.3, 0.4) is 0 Å². The predicted octanol–water partition coefficient (Wildman–Crippen LogP) is 0.829. The van der Waals surface area contributed by atoms with Crippen molar-refractivity contribution >= 4 is 5.91 Å². The normalized spacial score (nSPS) is 24.7. The summed E-state index contributed by atoms with van der Waals surface area (Å²) >= 11 is 0. The van der Waals surface area contributed by atoms with Gasteiger partial charge in [0.2, 0.25) is 0 Å². The van der Waals surface area contributed by atoms with E-state index in [1.54, 1.807) is 17.0 Å². The summed E-state index contributed by atoms with van der Waals surface area (Å²) in [6, 6.07) is 3.42. The molecule has 26 heavy (non-hydrogen) atoms. The third-order valence-electron chi connectivity index (χ3n) is 5.95. The Morgan fingerprint density at radius 1 is 1.42 bits per heavy atom. The second-order valence-corrected chi connectivity index (χ2v) is 7.74. The lowest BCUT2D eigenvalue weighted by Gasteiger charge is -2.56. The fourth-order valence-corrected chi connectivity index (χ4v) is 4.12. The molecule has 3 rings (SSSR count). The monoisotopic (exact) mass is 363 g/mol. The van der Waals surface area contributed by atoms with Crippen LogP contribution in [0.2, 0.25) is 0 Å². The van der Waals surface area contributed by atoms with Gasteiger partial charge in [-0.1, -0.05) is 13.8 Å². The lowest BCUT2D eigenvalue weighted by Crippen LogP contribution is -2.63. The molecular weight excluding hydrogens is 334 g/mol. The van der Waals surface area contributed by atoms with Gasteiger partial charge in [-0.2, -0.15) is 0 Å². The van der Waals surface area contributed by atoms with Crippen LogP contribution in [0.1, 0.15) is 55.1 Å². The molecule has 2 fully saturated rings. The number of aromatic nitrogens is 1. The molecule has 1 aliphatic heterocycles. The molecule has 1 saturated carbocycles. The standard InChI is InChI=1S/C19H29N3O4/c1-12(2)14-4-3-13(17(24)21-14)18(25)22-8-5-19(6-9-22)15(23)11-16(19)26-10-7-20/h3-4,12,15-16,23H,5-11,20H2,1-2H3,(H,21,24)/t15-,16+/m1/s1. The van der Waals surface area contributed by atoms with Gasteiger partial charge in [0.15, 0.2) is 0 Å². The lowest BCUT2D eigenvalue weighted by atomic mass is 9.58. The first-order chi connectivity index (χ1) is 12.4. The van der Waals surface area contributed by atoms with Gasteiger partial charge < -0.3 is 25.5 Å². The highest BCUT2D eigenvalue weighted by atomic mass is 16.5. The number of nitrogens with zero attached hydrogens (tertiary/aromatic N) is 1. The van der Waals surface area contributed by atoms with Gasteiger partial charge in [-0.15, -0.1) is 0 Å². The van der Waals surface area contributed by atoms with E-state index in [1.165, 1.54) is 0 Å². The maximum atomic E-state index is 12.7. The molecule has 2 heterocycles. The minimum Gasteiger partial charge on any atom is -0.392 e. The molecule has 1 aliphatic carbocycles. The van der Waals surface area contributed by atoms with Crippen LogP contribution in [-0.2, 0) is 4.74 Å². The van der Waals surface area contributed by atoms with Gasteiger partial charge in [-0.25, -0.2) is 0 Å². The number of H-pyrrole nitrogens is 1. The van der Waals surface area contributed by atoms with E-state index < -0.39 is 6.10 Å². The zero-order chi connectivity index (χ0) is 18.9. The van der Waals surface area contributed by atoms with Gasteiger partial charge in [-0.3, -0.25) is 9.59 Å². The Bertz CT molecular complexity index is 707. The number of ether oxygens (including phenoxy) is 1. The van der Waals surface area contributed by atoms with Crippen molar-refractivity contribution in [3.8, 4) is 0 Å². The number of carbonyl (C=O) groups is 1. The van der Waals surface area contributed by atoms with E-state index in [2.05, 4.69) is 4.98 Å². The Hall–Kier alpha value is -1.70. The highest BCUT2D eigenvalue weighted by Crippen LogP contribution is 2.51. The summed E-state index contributed by atoms with van der Waals surface area (Å²) in [6.07, 6.45) is 1.60. The number of rotatable bonds is 5. The molecule has 1 aromatic rings. The molecule has 7 nitrogen and oxygen atoms in total. The fourth-order valence-electron chi connectivity index (χ4n) is 4.12. The number of nitrogens with one attached hydrogen (secondary N) is 1. The van der Waals surface area contributed by atoms with Gasteiger partial charge in [0, 0.05) is 37.2 Å². The molecule has 1 amide bonds. The number of carbonyl (C=O) groups excluding carboxylic acids is 1. The molecular formula is C19H29N3O4. The Balaban J connectivity index is 1.66. The molecule has 0 radical (unpaired) electrons. The van der Waals surface area contributed by atoms with Crippen molar-refractivity contribution in [2.75, 3.05) is 26.2 Å². The number of aromatic amines is 1. The third kappa shape index (κ3) is 3.31. The second-order valence-electron chi connectivity index (χ2n) is 7.74. The number of aliphatic hydroxyl groups is 1. The van der Waals surface area contributed by atoms with Gasteiger partial charge in [0.1, 0.15) is 5.56 Å². The molecule has 0 aromatic carbocycles. The number of pyridine rings is 1. The van der Waals surface area contributed by atoms with Crippen LogP contribution < -0.4 is 11.3 Å². The highest BCUT2D eigenvalue weighted by molar-refractivity contribution is 5.93. The van der Waals surface area contributed by atoms with Gasteiger partial charge >= 0.3 is 0 Å². The first-order valence-corrected chi connectivity index (χ1v) is 9.41. The first kappa shape index (κ1) is 19.1. The molecule has 1 spiro atoms. The van der Waals surface area contributed by atoms with E-state index in [0.29, 0.717) is 45.5 Å². The van der Waals surface area contributed by atoms with Crippen LogP contribution in [-0.4, -0.2) is 59.3 Å². The van der Waals surface area contributed by atoms with E-state index in [0.717, 1.165) is 5.69 Å². The first-order valence-electron chi connectivity index (χ1n) is 9.41. The quantitative estimate of drug-likeness (QED) is 0.718. The number of nitrogens with two attached hydrogens (primary N) is 1. The second kappa shape index (κ2) is 7.50. The largest absolute Gasteiger partial charge is 0.392 e. The summed E-state index contributed by atoms with van der Waals surface area (Å²) in [6.45, 7) is 5.96. The van der Waals surface area contributed by atoms with Crippen molar-refractivity contribution in [3.05, 3.63) is 33.7 Å².